The SMILES string of the molecule is CC(C)(C)OC(=O)N1CC[C@H](NC(=O)c2nc(-c3cccc(C(=O)NCc4ccc(Cl)cc4Cl)c3)cnc2N)C1. The summed E-state index contributed by atoms with van der Waals surface area (Å²) >= 11 is 12.1. The standard InChI is InChI=1S/C28H30Cl2N6O4/c1-28(2,3)40-27(39)36-10-9-20(15-36)34-26(38)23-24(31)32-14-22(35-23)16-5-4-6-17(11-16)25(37)33-13-18-7-8-19(29)12-21(18)30/h4-8,11-12,14,20H,9-10,13,15H2,1-3H3,(H2,31,32)(H,33,37)(H,34,38)/t20-/m0/s1. The number of amides is 3. The van der Waals surface area contributed by atoms with Gasteiger partial charge >= 0.3 is 6.09 Å². The lowest BCUT2D eigenvalue weighted by Crippen LogP contribution is -2.40. The van der Waals surface area contributed by atoms with Crippen LogP contribution in [0.2, 0.25) is 10.0 Å². The minimum absolute atomic E-state index is 0.0306. The molecule has 3 aromatic rings. The zero-order valence-corrected chi connectivity index (χ0v) is 23.8. The van der Waals surface area contributed by atoms with Crippen LogP contribution in [0.3, 0.4) is 0 Å². The number of likely N-dealkylation sites (tertiary alicyclic amines) is 1. The third kappa shape index (κ3) is 7.40. The molecule has 2 aromatic carbocycles. The topological polar surface area (TPSA) is 140 Å². The Balaban J connectivity index is 1.42. The molecule has 2 heterocycles. The molecule has 0 spiro atoms. The van der Waals surface area contributed by atoms with Crippen molar-refractivity contribution < 1.29 is 19.1 Å². The van der Waals surface area contributed by atoms with Crippen molar-refractivity contribution in [2.75, 3.05) is 18.8 Å². The summed E-state index contributed by atoms with van der Waals surface area (Å²) in [6.07, 6.45) is 1.58. The van der Waals surface area contributed by atoms with Gasteiger partial charge in [0, 0.05) is 46.8 Å². The molecule has 1 saturated heterocycles. The molecule has 1 aliphatic heterocycles. The molecular formula is C28H30Cl2N6O4. The molecule has 0 bridgehead atoms. The maximum atomic E-state index is 13.0. The van der Waals surface area contributed by atoms with Gasteiger partial charge in [0.1, 0.15) is 5.60 Å². The number of carbonyl (C=O) groups excluding carboxylic acids is 3. The van der Waals surface area contributed by atoms with Crippen LogP contribution in [0.25, 0.3) is 11.3 Å². The fourth-order valence-electron chi connectivity index (χ4n) is 4.09. The number of halogens is 2. The van der Waals surface area contributed by atoms with Crippen molar-refractivity contribution in [1.82, 2.24) is 25.5 Å². The van der Waals surface area contributed by atoms with Crippen LogP contribution in [0.15, 0.2) is 48.7 Å². The molecule has 10 nitrogen and oxygen atoms in total. The van der Waals surface area contributed by atoms with E-state index >= 15 is 0 Å². The van der Waals surface area contributed by atoms with E-state index in [2.05, 4.69) is 20.6 Å². The third-order valence-electron chi connectivity index (χ3n) is 6.07. The quantitative estimate of drug-likeness (QED) is 0.381. The van der Waals surface area contributed by atoms with Gasteiger partial charge in [-0.25, -0.2) is 14.8 Å². The summed E-state index contributed by atoms with van der Waals surface area (Å²) in [7, 11) is 0. The summed E-state index contributed by atoms with van der Waals surface area (Å²) in [5.74, 6) is -0.848. The number of nitrogens with zero attached hydrogens (tertiary/aromatic N) is 3. The Morgan fingerprint density at radius 1 is 1.12 bits per heavy atom. The summed E-state index contributed by atoms with van der Waals surface area (Å²) in [5, 5.41) is 6.68. The largest absolute Gasteiger partial charge is 0.444 e. The van der Waals surface area contributed by atoms with Gasteiger partial charge in [0.15, 0.2) is 11.5 Å². The van der Waals surface area contributed by atoms with Crippen LogP contribution < -0.4 is 16.4 Å². The maximum absolute atomic E-state index is 13.0. The minimum Gasteiger partial charge on any atom is -0.444 e. The van der Waals surface area contributed by atoms with Gasteiger partial charge < -0.3 is 26.0 Å². The second-order valence-electron chi connectivity index (χ2n) is 10.4. The summed E-state index contributed by atoms with van der Waals surface area (Å²) in [4.78, 5) is 48.3. The van der Waals surface area contributed by atoms with Gasteiger partial charge in [0.25, 0.3) is 11.8 Å². The highest BCUT2D eigenvalue weighted by atomic mass is 35.5. The second kappa shape index (κ2) is 12.1. The molecule has 0 aliphatic carbocycles. The Kier molecular flexibility index (Phi) is 8.80. The van der Waals surface area contributed by atoms with Gasteiger partial charge in [-0.2, -0.15) is 0 Å². The lowest BCUT2D eigenvalue weighted by molar-refractivity contribution is 0.0290. The molecule has 0 radical (unpaired) electrons. The molecular weight excluding hydrogens is 555 g/mol. The molecule has 12 heteroatoms. The summed E-state index contributed by atoms with van der Waals surface area (Å²) < 4.78 is 5.41. The molecule has 1 aromatic heterocycles. The van der Waals surface area contributed by atoms with E-state index in [4.69, 9.17) is 33.7 Å². The van der Waals surface area contributed by atoms with Crippen molar-refractivity contribution in [3.8, 4) is 11.3 Å². The van der Waals surface area contributed by atoms with E-state index in [0.29, 0.717) is 46.4 Å². The van der Waals surface area contributed by atoms with Gasteiger partial charge in [0.2, 0.25) is 0 Å². The number of benzene rings is 2. The number of hydrogen-bond donors (Lipinski definition) is 3. The fourth-order valence-corrected chi connectivity index (χ4v) is 4.57. The van der Waals surface area contributed by atoms with Crippen molar-refractivity contribution in [2.45, 2.75) is 45.4 Å². The van der Waals surface area contributed by atoms with Gasteiger partial charge in [-0.15, -0.1) is 0 Å². The first kappa shape index (κ1) is 29.1. The maximum Gasteiger partial charge on any atom is 0.410 e. The smallest absolute Gasteiger partial charge is 0.410 e. The number of anilines is 1. The number of nitrogens with one attached hydrogen (secondary N) is 2. The molecule has 1 fully saturated rings. The third-order valence-corrected chi connectivity index (χ3v) is 6.65. The van der Waals surface area contributed by atoms with Crippen LogP contribution in [-0.4, -0.2) is 57.5 Å². The second-order valence-corrected chi connectivity index (χ2v) is 11.2. The van der Waals surface area contributed by atoms with Gasteiger partial charge in [-0.3, -0.25) is 9.59 Å². The van der Waals surface area contributed by atoms with E-state index < -0.39 is 17.6 Å². The number of hydrogen-bond acceptors (Lipinski definition) is 7. The van der Waals surface area contributed by atoms with Crippen LogP contribution in [-0.2, 0) is 11.3 Å². The number of ether oxygens (including phenoxy) is 1. The monoisotopic (exact) mass is 584 g/mol. The van der Waals surface area contributed by atoms with E-state index in [0.717, 1.165) is 5.56 Å². The van der Waals surface area contributed by atoms with Crippen molar-refractivity contribution in [3.63, 3.8) is 0 Å². The Morgan fingerprint density at radius 3 is 2.62 bits per heavy atom. The van der Waals surface area contributed by atoms with Crippen LogP contribution in [0.5, 0.6) is 0 Å². The number of nitrogen functional groups attached to an aromatic ring is 1. The summed E-state index contributed by atoms with van der Waals surface area (Å²) in [6, 6.07) is 11.6. The predicted octanol–water partition coefficient (Wildman–Crippen LogP) is 4.70. The molecule has 3 amide bonds. The van der Waals surface area contributed by atoms with E-state index in [1.807, 2.05) is 0 Å². The van der Waals surface area contributed by atoms with Gasteiger partial charge in [-0.1, -0.05) is 41.4 Å². The highest BCUT2D eigenvalue weighted by Gasteiger charge is 2.31. The van der Waals surface area contributed by atoms with Gasteiger partial charge in [-0.05, 0) is 57.0 Å². The molecule has 40 heavy (non-hydrogen) atoms. The molecule has 0 unspecified atom stereocenters. The summed E-state index contributed by atoms with van der Waals surface area (Å²) in [5.41, 5.74) is 7.40. The first-order valence-electron chi connectivity index (χ1n) is 12.6. The van der Waals surface area contributed by atoms with E-state index in [-0.39, 0.29) is 30.0 Å². The first-order valence-corrected chi connectivity index (χ1v) is 13.4. The highest BCUT2D eigenvalue weighted by Crippen LogP contribution is 2.23. The first-order chi connectivity index (χ1) is 18.9. The van der Waals surface area contributed by atoms with Crippen LogP contribution in [0, 0.1) is 0 Å². The molecule has 210 valence electrons. The van der Waals surface area contributed by atoms with Crippen LogP contribution in [0.4, 0.5) is 10.6 Å². The number of rotatable bonds is 6. The predicted molar refractivity (Wildman–Crippen MR) is 153 cm³/mol. The number of carbonyl (C=O) groups is 3. The number of nitrogens with two attached hydrogens (primary N) is 1. The Bertz CT molecular complexity index is 1440. The zero-order chi connectivity index (χ0) is 29.0. The average Bonchev–Trinajstić information content (AvgIpc) is 3.36. The van der Waals surface area contributed by atoms with Gasteiger partial charge in [0.05, 0.1) is 11.9 Å². The minimum atomic E-state index is -0.606. The van der Waals surface area contributed by atoms with Crippen LogP contribution in [0.1, 0.15) is 53.6 Å². The highest BCUT2D eigenvalue weighted by molar-refractivity contribution is 6.35. The van der Waals surface area contributed by atoms with E-state index in [1.54, 1.807) is 68.1 Å². The van der Waals surface area contributed by atoms with Crippen molar-refractivity contribution in [3.05, 3.63) is 75.5 Å². The fraction of sp³-hybridized carbons (Fsp3) is 0.321. The average molecular weight is 585 g/mol. The Hall–Kier alpha value is -3.89. The number of aromatic nitrogens is 2. The summed E-state index contributed by atoms with van der Waals surface area (Å²) in [6.45, 7) is 6.39. The Labute approximate surface area is 242 Å². The van der Waals surface area contributed by atoms with E-state index in [1.165, 1.54) is 6.20 Å². The lowest BCUT2D eigenvalue weighted by Gasteiger charge is -2.24. The zero-order valence-electron chi connectivity index (χ0n) is 22.3. The molecule has 0 saturated carbocycles. The van der Waals surface area contributed by atoms with Crippen molar-refractivity contribution in [1.29, 1.82) is 0 Å². The van der Waals surface area contributed by atoms with E-state index in [9.17, 15) is 14.4 Å². The molecule has 4 N–H and O–H groups in total. The lowest BCUT2D eigenvalue weighted by atomic mass is 10.1. The molecule has 1 aliphatic rings. The molecule has 4 rings (SSSR count). The normalized spacial score (nSPS) is 15.0. The molecule has 1 atom stereocenters. The van der Waals surface area contributed by atoms with Crippen molar-refractivity contribution >= 4 is 46.9 Å². The van der Waals surface area contributed by atoms with Crippen molar-refractivity contribution in [2.24, 2.45) is 0 Å². The Morgan fingerprint density at radius 2 is 1.90 bits per heavy atom. The van der Waals surface area contributed by atoms with Crippen LogP contribution >= 0.6 is 23.2 Å².